The predicted octanol–water partition coefficient (Wildman–Crippen LogP) is 2.43. The highest BCUT2D eigenvalue weighted by Crippen LogP contribution is 2.03. The van der Waals surface area contributed by atoms with E-state index < -0.39 is 0 Å². The number of ether oxygens (including phenoxy) is 1. The van der Waals surface area contributed by atoms with Crippen LogP contribution in [0.1, 0.15) is 24.5 Å². The Kier molecular flexibility index (Phi) is 8.18. The number of benzene rings is 1. The van der Waals surface area contributed by atoms with Crippen molar-refractivity contribution in [3.63, 3.8) is 0 Å². The van der Waals surface area contributed by atoms with Crippen LogP contribution in [0, 0.1) is 6.92 Å². The molecule has 0 spiro atoms. The molecule has 0 amide bonds. The Balaban J connectivity index is 2.07. The van der Waals surface area contributed by atoms with Crippen molar-refractivity contribution < 1.29 is 4.74 Å². The Labute approximate surface area is 121 Å². The fourth-order valence-electron chi connectivity index (χ4n) is 1.77. The Morgan fingerprint density at radius 3 is 2.79 bits per heavy atom. The number of aryl methyl sites for hydroxylation is 1. The van der Waals surface area contributed by atoms with Crippen molar-refractivity contribution in [2.45, 2.75) is 26.7 Å². The largest absolute Gasteiger partial charge is 0.382 e. The molecule has 0 aliphatic heterocycles. The van der Waals surface area contributed by atoms with Gasteiger partial charge in [0, 0.05) is 26.3 Å². The molecule has 0 aromatic heterocycles. The van der Waals surface area contributed by atoms with Gasteiger partial charge in [0.1, 0.15) is 0 Å². The van der Waals surface area contributed by atoms with Crippen molar-refractivity contribution in [1.29, 1.82) is 0 Å². The molecule has 0 heterocycles. The van der Waals surface area contributed by atoms with Crippen molar-refractivity contribution in [2.24, 2.45) is 0 Å². The normalized spacial score (nSPS) is 10.2. The van der Waals surface area contributed by atoms with Gasteiger partial charge in [-0.2, -0.15) is 0 Å². The molecule has 106 valence electrons. The first kappa shape index (κ1) is 15.9. The summed E-state index contributed by atoms with van der Waals surface area (Å²) in [6.07, 6.45) is 1.97. The first-order valence-corrected chi connectivity index (χ1v) is 7.28. The molecule has 0 unspecified atom stereocenters. The van der Waals surface area contributed by atoms with Gasteiger partial charge in [-0.1, -0.05) is 29.8 Å². The van der Waals surface area contributed by atoms with Gasteiger partial charge in [0.25, 0.3) is 0 Å². The lowest BCUT2D eigenvalue weighted by atomic mass is 10.1. The first-order chi connectivity index (χ1) is 9.22. The van der Waals surface area contributed by atoms with Crippen LogP contribution in [0.25, 0.3) is 0 Å². The summed E-state index contributed by atoms with van der Waals surface area (Å²) in [6, 6.07) is 8.56. The molecule has 0 radical (unpaired) electrons. The highest BCUT2D eigenvalue weighted by Gasteiger charge is 1.96. The van der Waals surface area contributed by atoms with Crippen LogP contribution in [0.3, 0.4) is 0 Å². The van der Waals surface area contributed by atoms with Crippen LogP contribution in [0.4, 0.5) is 0 Å². The second-order valence-corrected chi connectivity index (χ2v) is 4.88. The number of hydrogen-bond acceptors (Lipinski definition) is 2. The maximum atomic E-state index is 5.26. The summed E-state index contributed by atoms with van der Waals surface area (Å²) in [4.78, 5) is 0. The molecular formula is C15H24N2OS. The molecule has 2 N–H and O–H groups in total. The van der Waals surface area contributed by atoms with Crippen molar-refractivity contribution in [3.8, 4) is 0 Å². The Hall–Kier alpha value is -1.13. The van der Waals surface area contributed by atoms with Gasteiger partial charge >= 0.3 is 0 Å². The van der Waals surface area contributed by atoms with Crippen LogP contribution in [-0.2, 0) is 11.2 Å². The van der Waals surface area contributed by atoms with E-state index in [2.05, 4.69) is 41.8 Å². The molecule has 1 aromatic rings. The summed E-state index contributed by atoms with van der Waals surface area (Å²) < 4.78 is 5.26. The third-order valence-corrected chi connectivity index (χ3v) is 3.03. The van der Waals surface area contributed by atoms with Crippen LogP contribution in [0.2, 0.25) is 0 Å². The topological polar surface area (TPSA) is 33.3 Å². The van der Waals surface area contributed by atoms with Crippen molar-refractivity contribution >= 4 is 17.3 Å². The van der Waals surface area contributed by atoms with Gasteiger partial charge in [-0.3, -0.25) is 0 Å². The monoisotopic (exact) mass is 280 g/mol. The highest BCUT2D eigenvalue weighted by atomic mass is 32.1. The third-order valence-electron chi connectivity index (χ3n) is 2.74. The van der Waals surface area contributed by atoms with E-state index in [1.807, 2.05) is 6.92 Å². The third kappa shape index (κ3) is 7.80. The van der Waals surface area contributed by atoms with E-state index >= 15 is 0 Å². The summed E-state index contributed by atoms with van der Waals surface area (Å²) in [5.74, 6) is 0. The van der Waals surface area contributed by atoms with Crippen molar-refractivity contribution in [1.82, 2.24) is 10.6 Å². The molecule has 3 nitrogen and oxygen atoms in total. The summed E-state index contributed by atoms with van der Waals surface area (Å²) in [7, 11) is 0. The van der Waals surface area contributed by atoms with E-state index in [0.29, 0.717) is 0 Å². The molecule has 0 bridgehead atoms. The minimum atomic E-state index is 0.726. The van der Waals surface area contributed by atoms with Crippen molar-refractivity contribution in [3.05, 3.63) is 35.4 Å². The van der Waals surface area contributed by atoms with Gasteiger partial charge < -0.3 is 15.4 Å². The summed E-state index contributed by atoms with van der Waals surface area (Å²) in [5, 5.41) is 7.13. The van der Waals surface area contributed by atoms with Gasteiger partial charge in [0.15, 0.2) is 5.11 Å². The summed E-state index contributed by atoms with van der Waals surface area (Å²) >= 11 is 5.21. The molecule has 19 heavy (non-hydrogen) atoms. The second-order valence-electron chi connectivity index (χ2n) is 4.47. The van der Waals surface area contributed by atoms with E-state index in [4.69, 9.17) is 17.0 Å². The van der Waals surface area contributed by atoms with Crippen molar-refractivity contribution in [2.75, 3.05) is 26.3 Å². The molecule has 4 heteroatoms. The Bertz CT molecular complexity index is 382. The van der Waals surface area contributed by atoms with Gasteiger partial charge in [-0.25, -0.2) is 0 Å². The van der Waals surface area contributed by atoms with E-state index in [1.165, 1.54) is 11.1 Å². The average molecular weight is 280 g/mol. The molecule has 0 aliphatic rings. The lowest BCUT2D eigenvalue weighted by Crippen LogP contribution is -2.37. The standard InChI is InChI=1S/C15H24N2OS/c1-3-18-11-5-9-16-15(19)17-10-8-14-7-4-6-13(2)12-14/h4,6-7,12H,3,5,8-11H2,1-2H3,(H2,16,17,19). The minimum absolute atomic E-state index is 0.726. The SMILES string of the molecule is CCOCCCNC(=S)NCCc1cccc(C)c1. The fourth-order valence-corrected chi connectivity index (χ4v) is 1.98. The Morgan fingerprint density at radius 1 is 1.26 bits per heavy atom. The summed E-state index contributed by atoms with van der Waals surface area (Å²) in [5.41, 5.74) is 2.64. The lowest BCUT2D eigenvalue weighted by Gasteiger charge is -2.10. The smallest absolute Gasteiger partial charge is 0.166 e. The second kappa shape index (κ2) is 9.75. The molecule has 1 aromatic carbocycles. The van der Waals surface area contributed by atoms with Crippen LogP contribution < -0.4 is 10.6 Å². The molecule has 0 aliphatic carbocycles. The lowest BCUT2D eigenvalue weighted by molar-refractivity contribution is 0.145. The maximum absolute atomic E-state index is 5.26. The zero-order valence-electron chi connectivity index (χ0n) is 11.9. The highest BCUT2D eigenvalue weighted by molar-refractivity contribution is 7.80. The number of hydrogen-bond donors (Lipinski definition) is 2. The van der Waals surface area contributed by atoms with E-state index in [0.717, 1.165) is 44.3 Å². The maximum Gasteiger partial charge on any atom is 0.166 e. The summed E-state index contributed by atoms with van der Waals surface area (Å²) in [6.45, 7) is 7.40. The zero-order valence-corrected chi connectivity index (χ0v) is 12.7. The molecule has 0 saturated heterocycles. The van der Waals surface area contributed by atoms with Gasteiger partial charge in [-0.15, -0.1) is 0 Å². The number of nitrogens with one attached hydrogen (secondary N) is 2. The van der Waals surface area contributed by atoms with Crippen LogP contribution in [-0.4, -0.2) is 31.4 Å². The number of rotatable bonds is 8. The molecular weight excluding hydrogens is 256 g/mol. The van der Waals surface area contributed by atoms with E-state index in [1.54, 1.807) is 0 Å². The van der Waals surface area contributed by atoms with Gasteiger partial charge in [0.2, 0.25) is 0 Å². The van der Waals surface area contributed by atoms with E-state index in [9.17, 15) is 0 Å². The fraction of sp³-hybridized carbons (Fsp3) is 0.533. The van der Waals surface area contributed by atoms with Crippen LogP contribution in [0.15, 0.2) is 24.3 Å². The quantitative estimate of drug-likeness (QED) is 0.566. The predicted molar refractivity (Wildman–Crippen MR) is 84.6 cm³/mol. The molecule has 0 fully saturated rings. The van der Waals surface area contributed by atoms with E-state index in [-0.39, 0.29) is 0 Å². The zero-order chi connectivity index (χ0) is 13.9. The number of thiocarbonyl (C=S) groups is 1. The van der Waals surface area contributed by atoms with Gasteiger partial charge in [0.05, 0.1) is 0 Å². The van der Waals surface area contributed by atoms with Crippen LogP contribution >= 0.6 is 12.2 Å². The molecule has 1 rings (SSSR count). The minimum Gasteiger partial charge on any atom is -0.382 e. The molecule has 0 saturated carbocycles. The first-order valence-electron chi connectivity index (χ1n) is 6.87. The average Bonchev–Trinajstić information content (AvgIpc) is 2.38. The Morgan fingerprint density at radius 2 is 2.05 bits per heavy atom. The van der Waals surface area contributed by atoms with Crippen LogP contribution in [0.5, 0.6) is 0 Å². The van der Waals surface area contributed by atoms with Gasteiger partial charge in [-0.05, 0) is 44.5 Å². The molecule has 0 atom stereocenters.